The molecule has 0 atom stereocenters. The van der Waals surface area contributed by atoms with Crippen LogP contribution in [-0.2, 0) is 0 Å². The standard InChI is InChI=1S/C19H22ClN3O2/c1-3-4-5-11-21-18(24)15-7-6-8-16(22-15)19(25)23-17-12-14(20)10-9-13(17)2/h6-10,12H,3-5,11H2,1-2H3,(H,21,24)(H,23,25). The highest BCUT2D eigenvalue weighted by molar-refractivity contribution is 6.31. The van der Waals surface area contributed by atoms with Crippen LogP contribution in [0.2, 0.25) is 5.02 Å². The summed E-state index contributed by atoms with van der Waals surface area (Å²) in [6.45, 7) is 4.58. The van der Waals surface area contributed by atoms with Crippen molar-refractivity contribution in [1.29, 1.82) is 0 Å². The second-order valence-electron chi connectivity index (χ2n) is 5.78. The van der Waals surface area contributed by atoms with Crippen LogP contribution in [0.3, 0.4) is 0 Å². The molecule has 2 aromatic rings. The Morgan fingerprint density at radius 2 is 1.80 bits per heavy atom. The Balaban J connectivity index is 2.05. The summed E-state index contributed by atoms with van der Waals surface area (Å²) in [5.41, 5.74) is 1.92. The number of nitrogens with zero attached hydrogens (tertiary/aromatic N) is 1. The maximum Gasteiger partial charge on any atom is 0.274 e. The minimum atomic E-state index is -0.383. The summed E-state index contributed by atoms with van der Waals surface area (Å²) in [4.78, 5) is 28.7. The molecule has 25 heavy (non-hydrogen) atoms. The molecule has 0 fully saturated rings. The van der Waals surface area contributed by atoms with Crippen molar-refractivity contribution in [3.05, 3.63) is 58.4 Å². The summed E-state index contributed by atoms with van der Waals surface area (Å²) >= 11 is 5.96. The topological polar surface area (TPSA) is 71.1 Å². The minimum absolute atomic E-state index is 0.181. The van der Waals surface area contributed by atoms with E-state index in [9.17, 15) is 9.59 Å². The molecule has 1 heterocycles. The van der Waals surface area contributed by atoms with E-state index in [1.807, 2.05) is 13.0 Å². The Kier molecular flexibility index (Phi) is 6.95. The molecule has 0 spiro atoms. The van der Waals surface area contributed by atoms with Gasteiger partial charge in [0.1, 0.15) is 11.4 Å². The zero-order chi connectivity index (χ0) is 18.2. The van der Waals surface area contributed by atoms with Crippen molar-refractivity contribution in [3.8, 4) is 0 Å². The molecule has 6 heteroatoms. The third-order valence-corrected chi connectivity index (χ3v) is 3.96. The molecule has 0 aliphatic carbocycles. The molecule has 0 saturated carbocycles. The maximum atomic E-state index is 12.4. The summed E-state index contributed by atoms with van der Waals surface area (Å²) < 4.78 is 0. The van der Waals surface area contributed by atoms with Crippen LogP contribution < -0.4 is 10.6 Å². The van der Waals surface area contributed by atoms with Gasteiger partial charge in [0.2, 0.25) is 0 Å². The van der Waals surface area contributed by atoms with Crippen molar-refractivity contribution >= 4 is 29.1 Å². The van der Waals surface area contributed by atoms with Crippen LogP contribution in [0.5, 0.6) is 0 Å². The maximum absolute atomic E-state index is 12.4. The Morgan fingerprint density at radius 3 is 2.52 bits per heavy atom. The molecule has 0 saturated heterocycles. The van der Waals surface area contributed by atoms with E-state index >= 15 is 0 Å². The fraction of sp³-hybridized carbons (Fsp3) is 0.316. The van der Waals surface area contributed by atoms with E-state index in [-0.39, 0.29) is 23.2 Å². The molecule has 2 rings (SSSR count). The fourth-order valence-corrected chi connectivity index (χ4v) is 2.44. The van der Waals surface area contributed by atoms with Gasteiger partial charge < -0.3 is 10.6 Å². The van der Waals surface area contributed by atoms with Gasteiger partial charge in [-0.2, -0.15) is 0 Å². The van der Waals surface area contributed by atoms with Crippen LogP contribution >= 0.6 is 11.6 Å². The van der Waals surface area contributed by atoms with Crippen molar-refractivity contribution in [2.24, 2.45) is 0 Å². The van der Waals surface area contributed by atoms with Crippen molar-refractivity contribution in [2.75, 3.05) is 11.9 Å². The largest absolute Gasteiger partial charge is 0.351 e. The van der Waals surface area contributed by atoms with Crippen LogP contribution in [0.4, 0.5) is 5.69 Å². The molecule has 0 aliphatic rings. The first-order chi connectivity index (χ1) is 12.0. The molecule has 0 radical (unpaired) electrons. The Hall–Kier alpha value is -2.40. The van der Waals surface area contributed by atoms with Gasteiger partial charge >= 0.3 is 0 Å². The molecular weight excluding hydrogens is 338 g/mol. The van der Waals surface area contributed by atoms with E-state index in [4.69, 9.17) is 11.6 Å². The SMILES string of the molecule is CCCCCNC(=O)c1cccc(C(=O)Nc2cc(Cl)ccc2C)n1. The monoisotopic (exact) mass is 359 g/mol. The van der Waals surface area contributed by atoms with Crippen LogP contribution in [0, 0.1) is 6.92 Å². The molecule has 2 N–H and O–H groups in total. The quantitative estimate of drug-likeness (QED) is 0.727. The highest BCUT2D eigenvalue weighted by Crippen LogP contribution is 2.20. The second-order valence-corrected chi connectivity index (χ2v) is 6.22. The average molecular weight is 360 g/mol. The van der Waals surface area contributed by atoms with Crippen molar-refractivity contribution in [1.82, 2.24) is 10.3 Å². The van der Waals surface area contributed by atoms with E-state index in [1.54, 1.807) is 30.3 Å². The number of benzene rings is 1. The van der Waals surface area contributed by atoms with Crippen molar-refractivity contribution in [3.63, 3.8) is 0 Å². The average Bonchev–Trinajstić information content (AvgIpc) is 2.61. The molecule has 132 valence electrons. The number of unbranched alkanes of at least 4 members (excludes halogenated alkanes) is 2. The molecule has 2 amide bonds. The van der Waals surface area contributed by atoms with E-state index < -0.39 is 0 Å². The lowest BCUT2D eigenvalue weighted by molar-refractivity contribution is 0.0948. The smallest absolute Gasteiger partial charge is 0.274 e. The van der Waals surface area contributed by atoms with Gasteiger partial charge in [0.15, 0.2) is 0 Å². The van der Waals surface area contributed by atoms with Gasteiger partial charge in [-0.05, 0) is 43.2 Å². The highest BCUT2D eigenvalue weighted by Gasteiger charge is 2.13. The van der Waals surface area contributed by atoms with E-state index in [2.05, 4.69) is 22.5 Å². The number of aromatic nitrogens is 1. The summed E-state index contributed by atoms with van der Waals surface area (Å²) in [5.74, 6) is -0.657. The van der Waals surface area contributed by atoms with E-state index in [0.29, 0.717) is 17.3 Å². The van der Waals surface area contributed by atoms with Gasteiger partial charge in [-0.25, -0.2) is 4.98 Å². The van der Waals surface area contributed by atoms with Crippen molar-refractivity contribution in [2.45, 2.75) is 33.1 Å². The highest BCUT2D eigenvalue weighted by atomic mass is 35.5. The van der Waals surface area contributed by atoms with Gasteiger partial charge in [-0.15, -0.1) is 0 Å². The summed E-state index contributed by atoms with van der Waals surface area (Å²) in [5, 5.41) is 6.13. The number of aryl methyl sites for hydroxylation is 1. The fourth-order valence-electron chi connectivity index (χ4n) is 2.27. The third-order valence-electron chi connectivity index (χ3n) is 3.73. The second kappa shape index (κ2) is 9.18. The number of anilines is 1. The molecule has 0 aliphatic heterocycles. The predicted molar refractivity (Wildman–Crippen MR) is 100 cm³/mol. The number of nitrogens with one attached hydrogen (secondary N) is 2. The number of rotatable bonds is 7. The number of hydrogen-bond acceptors (Lipinski definition) is 3. The lowest BCUT2D eigenvalue weighted by Gasteiger charge is -2.09. The van der Waals surface area contributed by atoms with Crippen LogP contribution in [0.1, 0.15) is 52.7 Å². The third kappa shape index (κ3) is 5.57. The Bertz CT molecular complexity index is 762. The summed E-state index contributed by atoms with van der Waals surface area (Å²) in [6.07, 6.45) is 3.08. The van der Waals surface area contributed by atoms with Gasteiger partial charge in [0.25, 0.3) is 11.8 Å². The minimum Gasteiger partial charge on any atom is -0.351 e. The predicted octanol–water partition coefficient (Wildman–Crippen LogP) is 4.22. The number of halogens is 1. The first kappa shape index (κ1) is 18.9. The molecule has 1 aromatic carbocycles. The molecular formula is C19H22ClN3O2. The van der Waals surface area contributed by atoms with E-state index in [1.165, 1.54) is 0 Å². The van der Waals surface area contributed by atoms with Gasteiger partial charge in [0.05, 0.1) is 0 Å². The zero-order valence-corrected chi connectivity index (χ0v) is 15.2. The lowest BCUT2D eigenvalue weighted by atomic mass is 10.2. The first-order valence-electron chi connectivity index (χ1n) is 8.34. The zero-order valence-electron chi connectivity index (χ0n) is 14.4. The molecule has 1 aromatic heterocycles. The number of carbonyl (C=O) groups excluding carboxylic acids is 2. The molecule has 0 unspecified atom stereocenters. The van der Waals surface area contributed by atoms with Crippen LogP contribution in [-0.4, -0.2) is 23.3 Å². The van der Waals surface area contributed by atoms with Crippen LogP contribution in [0.15, 0.2) is 36.4 Å². The van der Waals surface area contributed by atoms with Crippen molar-refractivity contribution < 1.29 is 9.59 Å². The summed E-state index contributed by atoms with van der Waals surface area (Å²) in [6, 6.07) is 10.1. The van der Waals surface area contributed by atoms with Gasteiger partial charge in [-0.1, -0.05) is 43.5 Å². The normalized spacial score (nSPS) is 10.4. The van der Waals surface area contributed by atoms with Gasteiger partial charge in [-0.3, -0.25) is 9.59 Å². The van der Waals surface area contributed by atoms with Crippen LogP contribution in [0.25, 0.3) is 0 Å². The number of carbonyl (C=O) groups is 2. The number of hydrogen-bond donors (Lipinski definition) is 2. The molecule has 5 nitrogen and oxygen atoms in total. The lowest BCUT2D eigenvalue weighted by Crippen LogP contribution is -2.26. The van der Waals surface area contributed by atoms with E-state index in [0.717, 1.165) is 24.8 Å². The number of pyridine rings is 1. The Labute approximate surface area is 152 Å². The first-order valence-corrected chi connectivity index (χ1v) is 8.72. The summed E-state index contributed by atoms with van der Waals surface area (Å²) in [7, 11) is 0. The number of amides is 2. The molecule has 0 bridgehead atoms. The van der Waals surface area contributed by atoms with Gasteiger partial charge in [0, 0.05) is 17.3 Å². The Morgan fingerprint density at radius 1 is 1.08 bits per heavy atom.